The molecule has 216 valence electrons. The van der Waals surface area contributed by atoms with Crippen molar-refractivity contribution in [2.75, 3.05) is 26.9 Å². The van der Waals surface area contributed by atoms with Gasteiger partial charge < -0.3 is 14.4 Å². The third-order valence-corrected chi connectivity index (χ3v) is 7.66. The molecule has 1 rings (SSSR count). The molecule has 0 spiro atoms. The first-order valence-corrected chi connectivity index (χ1v) is 16.2. The quantitative estimate of drug-likeness (QED) is 0.0930. The number of phosphoric ester groups is 1. The number of ether oxygens (including phenoxy) is 2. The van der Waals surface area contributed by atoms with E-state index in [9.17, 15) is 9.46 Å². The highest BCUT2D eigenvalue weighted by atomic mass is 31.2. The van der Waals surface area contributed by atoms with Gasteiger partial charge >= 0.3 is 7.82 Å². The Morgan fingerprint density at radius 2 is 1.24 bits per heavy atom. The van der Waals surface area contributed by atoms with Crippen molar-refractivity contribution in [2.24, 2.45) is 0 Å². The van der Waals surface area contributed by atoms with Crippen LogP contribution in [-0.4, -0.2) is 37.4 Å². The minimum Gasteiger partial charge on any atom is -0.378 e. The van der Waals surface area contributed by atoms with Crippen LogP contribution in [0.3, 0.4) is 0 Å². The number of benzene rings is 1. The summed E-state index contributed by atoms with van der Waals surface area (Å²) < 4.78 is 33.3. The Morgan fingerprint density at radius 3 is 1.73 bits per heavy atom. The number of phosphoric acid groups is 1. The summed E-state index contributed by atoms with van der Waals surface area (Å²) in [4.78, 5) is 9.61. The summed E-state index contributed by atoms with van der Waals surface area (Å²) in [6.07, 6.45) is 21.4. The molecule has 0 heterocycles. The molecule has 0 amide bonds. The van der Waals surface area contributed by atoms with Gasteiger partial charge in [0.25, 0.3) is 0 Å². The second-order valence-electron chi connectivity index (χ2n) is 10.5. The van der Waals surface area contributed by atoms with Gasteiger partial charge in [-0.15, -0.1) is 0 Å². The third kappa shape index (κ3) is 19.9. The van der Waals surface area contributed by atoms with Gasteiger partial charge in [-0.3, -0.25) is 9.05 Å². The predicted octanol–water partition coefficient (Wildman–Crippen LogP) is 9.00. The van der Waals surface area contributed by atoms with Gasteiger partial charge in [0.1, 0.15) is 5.60 Å². The molecule has 0 aliphatic carbocycles. The molecular formula is C30H55O6P. The van der Waals surface area contributed by atoms with Crippen molar-refractivity contribution in [3.05, 3.63) is 35.9 Å². The molecule has 0 aliphatic heterocycles. The van der Waals surface area contributed by atoms with Crippen LogP contribution in [0, 0.1) is 0 Å². The van der Waals surface area contributed by atoms with Crippen molar-refractivity contribution >= 4 is 7.82 Å². The maximum Gasteiger partial charge on any atom is 0.472 e. The van der Waals surface area contributed by atoms with Gasteiger partial charge in [-0.2, -0.15) is 0 Å². The van der Waals surface area contributed by atoms with Gasteiger partial charge in [0.2, 0.25) is 0 Å². The molecular weight excluding hydrogens is 487 g/mol. The minimum atomic E-state index is -4.08. The molecule has 0 fully saturated rings. The third-order valence-electron chi connectivity index (χ3n) is 6.74. The van der Waals surface area contributed by atoms with Gasteiger partial charge in [0.05, 0.1) is 19.8 Å². The van der Waals surface area contributed by atoms with E-state index in [1.54, 1.807) is 0 Å². The van der Waals surface area contributed by atoms with E-state index in [-0.39, 0.29) is 13.2 Å². The Labute approximate surface area is 227 Å². The highest BCUT2D eigenvalue weighted by molar-refractivity contribution is 7.47. The van der Waals surface area contributed by atoms with Crippen LogP contribution in [0.4, 0.5) is 0 Å². The van der Waals surface area contributed by atoms with Crippen LogP contribution in [0.2, 0.25) is 0 Å². The molecule has 0 saturated heterocycles. The summed E-state index contributed by atoms with van der Waals surface area (Å²) in [5, 5.41) is 0. The van der Waals surface area contributed by atoms with Crippen LogP contribution >= 0.6 is 7.82 Å². The molecule has 0 aromatic heterocycles. The monoisotopic (exact) mass is 542 g/mol. The van der Waals surface area contributed by atoms with E-state index in [1.165, 1.54) is 89.9 Å². The number of hydrogen-bond acceptors (Lipinski definition) is 5. The van der Waals surface area contributed by atoms with E-state index in [2.05, 4.69) is 11.4 Å². The fourth-order valence-corrected chi connectivity index (χ4v) is 4.81. The number of rotatable bonds is 26. The molecule has 7 heteroatoms. The summed E-state index contributed by atoms with van der Waals surface area (Å²) in [6, 6.07) is 9.81. The van der Waals surface area contributed by atoms with Gasteiger partial charge in [0, 0.05) is 13.7 Å². The topological polar surface area (TPSA) is 74.2 Å². The summed E-state index contributed by atoms with van der Waals surface area (Å²) >= 11 is 0. The molecule has 0 aliphatic rings. The molecule has 1 N–H and O–H groups in total. The van der Waals surface area contributed by atoms with Crippen molar-refractivity contribution in [1.29, 1.82) is 0 Å². The van der Waals surface area contributed by atoms with Crippen LogP contribution in [0.25, 0.3) is 0 Å². The fraction of sp³-hybridized carbons (Fsp3) is 0.800. The molecule has 1 aromatic carbocycles. The van der Waals surface area contributed by atoms with Gasteiger partial charge in [-0.25, -0.2) is 4.57 Å². The van der Waals surface area contributed by atoms with Gasteiger partial charge in [0.15, 0.2) is 0 Å². The first-order valence-electron chi connectivity index (χ1n) is 14.7. The van der Waals surface area contributed by atoms with Crippen LogP contribution in [0.1, 0.15) is 122 Å². The standard InChI is InChI=1S/C30H55O6P/c1-4-5-6-7-8-9-10-11-12-13-14-15-16-17-18-22-25-34-27-30(2,28-36-37(31,32)33-3)35-26-29-23-20-19-21-24-29/h19-21,23-24H,4-18,22,25-28H2,1-3H3,(H,31,32)/t30-/m1/s1. The number of hydrogen-bond donors (Lipinski definition) is 1. The Hall–Kier alpha value is -0.750. The van der Waals surface area contributed by atoms with Crippen molar-refractivity contribution < 1.29 is 28.0 Å². The van der Waals surface area contributed by atoms with Crippen molar-refractivity contribution in [3.8, 4) is 0 Å². The van der Waals surface area contributed by atoms with E-state index in [4.69, 9.17) is 14.0 Å². The summed E-state index contributed by atoms with van der Waals surface area (Å²) in [5.74, 6) is 0. The average molecular weight is 543 g/mol. The van der Waals surface area contributed by atoms with Crippen LogP contribution in [-0.2, 0) is 29.7 Å². The SMILES string of the molecule is CCCCCCCCCCCCCCCCCCOC[C@](C)(COP(=O)(O)OC)OCc1ccccc1. The van der Waals surface area contributed by atoms with Crippen LogP contribution in [0.15, 0.2) is 30.3 Å². The zero-order chi connectivity index (χ0) is 27.1. The first kappa shape index (κ1) is 34.3. The van der Waals surface area contributed by atoms with E-state index in [0.29, 0.717) is 13.2 Å². The van der Waals surface area contributed by atoms with Crippen molar-refractivity contribution in [3.63, 3.8) is 0 Å². The lowest BCUT2D eigenvalue weighted by atomic mass is 10.0. The first-order chi connectivity index (χ1) is 17.9. The lowest BCUT2D eigenvalue weighted by Gasteiger charge is -2.30. The molecule has 0 saturated carbocycles. The minimum absolute atomic E-state index is 0.0968. The van der Waals surface area contributed by atoms with E-state index in [1.807, 2.05) is 37.3 Å². The maximum atomic E-state index is 11.8. The zero-order valence-electron chi connectivity index (χ0n) is 24.0. The second kappa shape index (κ2) is 22.1. The zero-order valence-corrected chi connectivity index (χ0v) is 24.9. The van der Waals surface area contributed by atoms with E-state index >= 15 is 0 Å². The van der Waals surface area contributed by atoms with Crippen LogP contribution < -0.4 is 0 Å². The summed E-state index contributed by atoms with van der Waals surface area (Å²) in [5.41, 5.74) is 0.160. The molecule has 37 heavy (non-hydrogen) atoms. The smallest absolute Gasteiger partial charge is 0.378 e. The van der Waals surface area contributed by atoms with E-state index in [0.717, 1.165) is 25.5 Å². The van der Waals surface area contributed by atoms with Crippen molar-refractivity contribution in [1.82, 2.24) is 0 Å². The highest BCUT2D eigenvalue weighted by Gasteiger charge is 2.31. The highest BCUT2D eigenvalue weighted by Crippen LogP contribution is 2.43. The fourth-order valence-electron chi connectivity index (χ4n) is 4.27. The predicted molar refractivity (Wildman–Crippen MR) is 153 cm³/mol. The van der Waals surface area contributed by atoms with Crippen molar-refractivity contribution in [2.45, 2.75) is 129 Å². The molecule has 0 radical (unpaired) electrons. The molecule has 0 bridgehead atoms. The maximum absolute atomic E-state index is 11.8. The lowest BCUT2D eigenvalue weighted by molar-refractivity contribution is -0.118. The Morgan fingerprint density at radius 1 is 0.757 bits per heavy atom. The Kier molecular flexibility index (Phi) is 20.5. The number of unbranched alkanes of at least 4 members (excludes halogenated alkanes) is 15. The molecule has 1 unspecified atom stereocenters. The molecule has 1 aromatic rings. The van der Waals surface area contributed by atoms with Gasteiger partial charge in [-0.05, 0) is 18.9 Å². The Balaban J connectivity index is 2.08. The molecule has 2 atom stereocenters. The second-order valence-corrected chi connectivity index (χ2v) is 12.1. The lowest BCUT2D eigenvalue weighted by Crippen LogP contribution is -2.39. The average Bonchev–Trinajstić information content (AvgIpc) is 2.91. The van der Waals surface area contributed by atoms with Gasteiger partial charge in [-0.1, -0.05) is 134 Å². The normalized spacial score (nSPS) is 14.9. The largest absolute Gasteiger partial charge is 0.472 e. The summed E-state index contributed by atoms with van der Waals surface area (Å²) in [7, 11) is -2.93. The summed E-state index contributed by atoms with van der Waals surface area (Å²) in [6.45, 7) is 5.30. The molecule has 6 nitrogen and oxygen atoms in total. The Bertz CT molecular complexity index is 686. The van der Waals surface area contributed by atoms with E-state index < -0.39 is 13.4 Å². The van der Waals surface area contributed by atoms with Crippen LogP contribution in [0.5, 0.6) is 0 Å².